The second-order valence-corrected chi connectivity index (χ2v) is 8.53. The molecule has 2 aromatic rings. The van der Waals surface area contributed by atoms with Crippen LogP contribution in [0.4, 0.5) is 0 Å². The fourth-order valence-corrected chi connectivity index (χ4v) is 3.03. The van der Waals surface area contributed by atoms with Crippen LogP contribution in [0.2, 0.25) is 10.0 Å². The topological polar surface area (TPSA) is 84.9 Å². The van der Waals surface area contributed by atoms with Crippen LogP contribution in [-0.4, -0.2) is 35.7 Å². The number of rotatable bonds is 8. The summed E-state index contributed by atoms with van der Waals surface area (Å²) in [7, 11) is 0. The van der Waals surface area contributed by atoms with Crippen LogP contribution in [0.1, 0.15) is 38.0 Å². The molecule has 6 nitrogen and oxygen atoms in total. The number of esters is 2. The van der Waals surface area contributed by atoms with Crippen molar-refractivity contribution in [3.8, 4) is 5.75 Å². The summed E-state index contributed by atoms with van der Waals surface area (Å²) in [6.07, 6.45) is -0.820. The summed E-state index contributed by atoms with van der Waals surface area (Å²) >= 11 is 11.9. The van der Waals surface area contributed by atoms with Crippen molar-refractivity contribution in [2.75, 3.05) is 13.1 Å². The molecule has 0 heterocycles. The van der Waals surface area contributed by atoms with Gasteiger partial charge in [-0.1, -0.05) is 41.4 Å². The molecule has 0 aliphatic heterocycles. The van der Waals surface area contributed by atoms with Crippen LogP contribution in [-0.2, 0) is 20.7 Å². The minimum Gasteiger partial charge on any atom is -0.459 e. The van der Waals surface area contributed by atoms with E-state index in [1.807, 2.05) is 0 Å². The molecule has 0 spiro atoms. The molecule has 2 rings (SSSR count). The van der Waals surface area contributed by atoms with Crippen LogP contribution in [0.5, 0.6) is 5.75 Å². The maximum Gasteiger partial charge on any atom is 0.320 e. The van der Waals surface area contributed by atoms with E-state index in [2.05, 4.69) is 5.32 Å². The van der Waals surface area contributed by atoms with Crippen molar-refractivity contribution in [1.29, 1.82) is 0 Å². The Balaban J connectivity index is 1.82. The number of nitrogens with one attached hydrogen (secondary N) is 1. The van der Waals surface area contributed by atoms with Gasteiger partial charge in [0.1, 0.15) is 11.4 Å². The lowest BCUT2D eigenvalue weighted by molar-refractivity contribution is -0.153. The zero-order chi connectivity index (χ0) is 22.3. The molecule has 2 aromatic carbocycles. The third kappa shape index (κ3) is 8.32. The van der Waals surface area contributed by atoms with Gasteiger partial charge in [0, 0.05) is 16.6 Å². The first kappa shape index (κ1) is 24.2. The second kappa shape index (κ2) is 10.8. The van der Waals surface area contributed by atoms with Gasteiger partial charge in [-0.15, -0.1) is 0 Å². The van der Waals surface area contributed by atoms with Gasteiger partial charge in [-0.05, 0) is 56.2 Å². The molecular formula is C22H25Cl2NO5. The van der Waals surface area contributed by atoms with E-state index in [1.54, 1.807) is 63.2 Å². The van der Waals surface area contributed by atoms with Gasteiger partial charge in [-0.2, -0.15) is 0 Å². The predicted octanol–water partition coefficient (Wildman–Crippen LogP) is 4.11. The Hall–Kier alpha value is -2.12. The molecule has 0 radical (unpaired) electrons. The molecule has 0 fully saturated rings. The van der Waals surface area contributed by atoms with E-state index in [9.17, 15) is 14.7 Å². The van der Waals surface area contributed by atoms with Crippen LogP contribution >= 0.6 is 23.2 Å². The van der Waals surface area contributed by atoms with Crippen molar-refractivity contribution in [2.24, 2.45) is 0 Å². The average Bonchev–Trinajstić information content (AvgIpc) is 2.63. The van der Waals surface area contributed by atoms with Crippen LogP contribution in [0.15, 0.2) is 42.5 Å². The van der Waals surface area contributed by atoms with Crippen molar-refractivity contribution in [2.45, 2.75) is 38.9 Å². The number of ether oxygens (including phenoxy) is 2. The first-order valence-electron chi connectivity index (χ1n) is 9.38. The molecule has 1 unspecified atom stereocenters. The lowest BCUT2D eigenvalue weighted by Crippen LogP contribution is -2.33. The van der Waals surface area contributed by atoms with Gasteiger partial charge in [-0.25, -0.2) is 0 Å². The molecule has 0 aliphatic carbocycles. The number of halogens is 2. The minimum atomic E-state index is -0.829. The zero-order valence-corrected chi connectivity index (χ0v) is 18.6. The fourth-order valence-electron chi connectivity index (χ4n) is 2.55. The molecule has 162 valence electrons. The van der Waals surface area contributed by atoms with E-state index < -0.39 is 23.6 Å². The Morgan fingerprint density at radius 3 is 2.33 bits per heavy atom. The average molecular weight is 454 g/mol. The minimum absolute atomic E-state index is 0.00269. The standard InChI is InChI=1S/C22H25Cl2NO5/c1-22(2,3)30-21(28)13-25-12-19(26)14-5-8-17(9-6-14)29-20(27)10-15-4-7-16(23)11-18(15)24/h4-9,11,19,25-26H,10,12-13H2,1-3H3. The SMILES string of the molecule is CC(C)(C)OC(=O)CNCC(O)c1ccc(OC(=O)Cc2ccc(Cl)cc2Cl)cc1. The highest BCUT2D eigenvalue weighted by atomic mass is 35.5. The number of benzene rings is 2. The maximum atomic E-state index is 12.1. The normalized spacial score (nSPS) is 12.3. The van der Waals surface area contributed by atoms with E-state index in [-0.39, 0.29) is 19.5 Å². The highest BCUT2D eigenvalue weighted by molar-refractivity contribution is 6.35. The molecule has 0 aromatic heterocycles. The highest BCUT2D eigenvalue weighted by Crippen LogP contribution is 2.23. The number of hydrogen-bond donors (Lipinski definition) is 2. The Morgan fingerprint density at radius 1 is 1.07 bits per heavy atom. The molecule has 8 heteroatoms. The first-order valence-corrected chi connectivity index (χ1v) is 10.1. The monoisotopic (exact) mass is 453 g/mol. The molecule has 2 N–H and O–H groups in total. The summed E-state index contributed by atoms with van der Waals surface area (Å²) in [6.45, 7) is 5.54. The molecule has 1 atom stereocenters. The Kier molecular flexibility index (Phi) is 8.67. The van der Waals surface area contributed by atoms with Crippen LogP contribution in [0, 0.1) is 0 Å². The molecule has 0 saturated heterocycles. The van der Waals surface area contributed by atoms with Crippen molar-refractivity contribution in [1.82, 2.24) is 5.32 Å². The van der Waals surface area contributed by atoms with Gasteiger partial charge < -0.3 is 19.9 Å². The fraction of sp³-hybridized carbons (Fsp3) is 0.364. The summed E-state index contributed by atoms with van der Waals surface area (Å²) in [4.78, 5) is 23.8. The van der Waals surface area contributed by atoms with E-state index >= 15 is 0 Å². The van der Waals surface area contributed by atoms with Crippen LogP contribution < -0.4 is 10.1 Å². The quantitative estimate of drug-likeness (QED) is 0.462. The lowest BCUT2D eigenvalue weighted by Gasteiger charge is -2.20. The third-order valence-corrected chi connectivity index (χ3v) is 4.46. The molecule has 0 amide bonds. The second-order valence-electron chi connectivity index (χ2n) is 7.69. The maximum absolute atomic E-state index is 12.1. The van der Waals surface area contributed by atoms with Gasteiger partial charge >= 0.3 is 11.9 Å². The Labute approximate surface area is 186 Å². The third-order valence-electron chi connectivity index (χ3n) is 3.87. The summed E-state index contributed by atoms with van der Waals surface area (Å²) in [5, 5.41) is 14.0. The van der Waals surface area contributed by atoms with Crippen molar-refractivity contribution in [3.63, 3.8) is 0 Å². The van der Waals surface area contributed by atoms with Crippen molar-refractivity contribution in [3.05, 3.63) is 63.6 Å². The summed E-state index contributed by atoms with van der Waals surface area (Å²) in [5.74, 6) is -0.507. The van der Waals surface area contributed by atoms with Crippen LogP contribution in [0.25, 0.3) is 0 Å². The van der Waals surface area contributed by atoms with E-state index in [4.69, 9.17) is 32.7 Å². The molecule has 30 heavy (non-hydrogen) atoms. The van der Waals surface area contributed by atoms with Gasteiger partial charge in [0.05, 0.1) is 19.1 Å². The number of carbonyl (C=O) groups excluding carboxylic acids is 2. The number of aliphatic hydroxyl groups is 1. The summed E-state index contributed by atoms with van der Waals surface area (Å²) in [5.41, 5.74) is 0.685. The summed E-state index contributed by atoms with van der Waals surface area (Å²) in [6, 6.07) is 11.4. The van der Waals surface area contributed by atoms with Gasteiger partial charge in [0.25, 0.3) is 0 Å². The predicted molar refractivity (Wildman–Crippen MR) is 116 cm³/mol. The molecule has 0 saturated carbocycles. The van der Waals surface area contributed by atoms with E-state index in [0.717, 1.165) is 0 Å². The van der Waals surface area contributed by atoms with E-state index in [1.165, 1.54) is 0 Å². The Morgan fingerprint density at radius 2 is 1.73 bits per heavy atom. The van der Waals surface area contributed by atoms with Gasteiger partial charge in [0.2, 0.25) is 0 Å². The number of hydrogen-bond acceptors (Lipinski definition) is 6. The van der Waals surface area contributed by atoms with E-state index in [0.29, 0.717) is 26.9 Å². The van der Waals surface area contributed by atoms with Crippen molar-refractivity contribution < 1.29 is 24.2 Å². The number of carbonyl (C=O) groups is 2. The highest BCUT2D eigenvalue weighted by Gasteiger charge is 2.16. The summed E-state index contributed by atoms with van der Waals surface area (Å²) < 4.78 is 10.5. The Bertz CT molecular complexity index is 878. The lowest BCUT2D eigenvalue weighted by atomic mass is 10.1. The molecule has 0 aliphatic rings. The smallest absolute Gasteiger partial charge is 0.320 e. The molecule has 0 bridgehead atoms. The van der Waals surface area contributed by atoms with Crippen LogP contribution in [0.3, 0.4) is 0 Å². The first-order chi connectivity index (χ1) is 14.0. The zero-order valence-electron chi connectivity index (χ0n) is 17.1. The van der Waals surface area contributed by atoms with Crippen molar-refractivity contribution >= 4 is 35.1 Å². The largest absolute Gasteiger partial charge is 0.459 e. The van der Waals surface area contributed by atoms with Gasteiger partial charge in [-0.3, -0.25) is 9.59 Å². The van der Waals surface area contributed by atoms with Gasteiger partial charge in [0.15, 0.2) is 0 Å². The molecular weight excluding hydrogens is 429 g/mol. The number of aliphatic hydroxyl groups excluding tert-OH is 1.